The van der Waals surface area contributed by atoms with Gasteiger partial charge in [0.2, 0.25) is 6.08 Å². The van der Waals surface area contributed by atoms with Crippen LogP contribution >= 0.6 is 0 Å². The first-order chi connectivity index (χ1) is 11.1. The third-order valence-corrected chi connectivity index (χ3v) is 2.94. The summed E-state index contributed by atoms with van der Waals surface area (Å²) in [7, 11) is 0. The van der Waals surface area contributed by atoms with Gasteiger partial charge in [-0.15, -0.1) is 0 Å². The zero-order chi connectivity index (χ0) is 18.1. The van der Waals surface area contributed by atoms with Crippen LogP contribution in [-0.2, 0) is 11.0 Å². The van der Waals surface area contributed by atoms with E-state index in [1.807, 2.05) is 0 Å². The maximum absolute atomic E-state index is 13.8. The van der Waals surface area contributed by atoms with Crippen LogP contribution in [0.5, 0.6) is 11.5 Å². The molecule has 0 aliphatic heterocycles. The van der Waals surface area contributed by atoms with E-state index >= 15 is 0 Å². The van der Waals surface area contributed by atoms with Crippen molar-refractivity contribution in [3.63, 3.8) is 0 Å². The Morgan fingerprint density at radius 1 is 1.00 bits per heavy atom. The number of aliphatic imine (C=N–C) groups is 1. The van der Waals surface area contributed by atoms with Gasteiger partial charge in [-0.1, -0.05) is 0 Å². The van der Waals surface area contributed by atoms with Gasteiger partial charge in [0.05, 0.1) is 5.56 Å². The molecule has 0 bridgehead atoms. The zero-order valence-electron chi connectivity index (χ0n) is 11.8. The van der Waals surface area contributed by atoms with E-state index in [2.05, 4.69) is 4.99 Å². The van der Waals surface area contributed by atoms with Gasteiger partial charge < -0.3 is 4.74 Å². The van der Waals surface area contributed by atoms with Crippen LogP contribution in [0.25, 0.3) is 0 Å². The summed E-state index contributed by atoms with van der Waals surface area (Å²) < 4.78 is 83.4. The summed E-state index contributed by atoms with van der Waals surface area (Å²) >= 11 is 0. The summed E-state index contributed by atoms with van der Waals surface area (Å²) in [5.41, 5.74) is -1.96. The van der Waals surface area contributed by atoms with Crippen molar-refractivity contribution >= 4 is 11.8 Å². The molecule has 0 aliphatic rings. The van der Waals surface area contributed by atoms with Crippen molar-refractivity contribution in [2.75, 3.05) is 0 Å². The lowest BCUT2D eigenvalue weighted by Crippen LogP contribution is -2.07. The van der Waals surface area contributed by atoms with Crippen LogP contribution < -0.4 is 4.74 Å². The smallest absolute Gasteiger partial charge is 0.416 e. The summed E-state index contributed by atoms with van der Waals surface area (Å²) in [5.74, 6) is -5.58. The topological polar surface area (TPSA) is 38.7 Å². The number of benzene rings is 2. The van der Waals surface area contributed by atoms with Crippen molar-refractivity contribution in [2.45, 2.75) is 13.1 Å². The molecule has 2 aromatic carbocycles. The van der Waals surface area contributed by atoms with Gasteiger partial charge in [-0.05, 0) is 30.7 Å². The Balaban J connectivity index is 2.53. The van der Waals surface area contributed by atoms with Gasteiger partial charge in [-0.3, -0.25) is 0 Å². The second-order valence-electron chi connectivity index (χ2n) is 4.64. The molecule has 0 saturated heterocycles. The molecular weight excluding hydrogens is 340 g/mol. The maximum atomic E-state index is 13.8. The molecule has 0 atom stereocenters. The standard InChI is InChI=1S/C15H7F6NO2/c1-7-2-13(12(22-6-23)5-9(7)16)24-14-10(17)3-8(4-11(14)18)15(19,20)21/h2-5H,1H3. The van der Waals surface area contributed by atoms with Crippen LogP contribution in [0.4, 0.5) is 32.0 Å². The zero-order valence-corrected chi connectivity index (χ0v) is 11.8. The van der Waals surface area contributed by atoms with Crippen LogP contribution in [0.1, 0.15) is 11.1 Å². The van der Waals surface area contributed by atoms with E-state index in [1.54, 1.807) is 0 Å². The van der Waals surface area contributed by atoms with Crippen molar-refractivity contribution in [3.8, 4) is 11.5 Å². The minimum absolute atomic E-state index is 0.00239. The summed E-state index contributed by atoms with van der Waals surface area (Å²) in [4.78, 5) is 13.4. The molecule has 2 rings (SSSR count). The summed E-state index contributed by atoms with van der Waals surface area (Å²) in [6.07, 6.45) is -3.84. The quantitative estimate of drug-likeness (QED) is 0.435. The molecule has 0 saturated carbocycles. The molecule has 9 heteroatoms. The number of carbonyl (C=O) groups excluding carboxylic acids is 1. The van der Waals surface area contributed by atoms with E-state index in [0.717, 1.165) is 18.2 Å². The normalized spacial score (nSPS) is 11.1. The minimum atomic E-state index is -4.94. The van der Waals surface area contributed by atoms with Gasteiger partial charge >= 0.3 is 6.18 Å². The third kappa shape index (κ3) is 3.57. The lowest BCUT2D eigenvalue weighted by molar-refractivity contribution is -0.138. The highest BCUT2D eigenvalue weighted by molar-refractivity contribution is 5.60. The summed E-state index contributed by atoms with van der Waals surface area (Å²) in [5, 5.41) is 0. The molecule has 126 valence electrons. The van der Waals surface area contributed by atoms with E-state index in [9.17, 15) is 31.1 Å². The Morgan fingerprint density at radius 2 is 1.58 bits per heavy atom. The fraction of sp³-hybridized carbons (Fsp3) is 0.133. The van der Waals surface area contributed by atoms with Gasteiger partial charge in [0, 0.05) is 6.07 Å². The Kier molecular flexibility index (Phi) is 4.66. The number of alkyl halides is 3. The van der Waals surface area contributed by atoms with Crippen molar-refractivity contribution in [2.24, 2.45) is 4.99 Å². The van der Waals surface area contributed by atoms with Gasteiger partial charge in [-0.25, -0.2) is 18.0 Å². The van der Waals surface area contributed by atoms with Crippen LogP contribution in [-0.4, -0.2) is 6.08 Å². The largest absolute Gasteiger partial charge is 0.449 e. The van der Waals surface area contributed by atoms with Crippen molar-refractivity contribution in [3.05, 3.63) is 52.8 Å². The molecule has 0 aliphatic carbocycles. The molecule has 3 nitrogen and oxygen atoms in total. The molecule has 0 heterocycles. The molecular formula is C15H7F6NO2. The Bertz CT molecular complexity index is 818. The molecule has 0 spiro atoms. The molecule has 0 amide bonds. The average Bonchev–Trinajstić information content (AvgIpc) is 2.46. The summed E-state index contributed by atoms with van der Waals surface area (Å²) in [6.45, 7) is 1.30. The number of rotatable bonds is 3. The summed E-state index contributed by atoms with van der Waals surface area (Å²) in [6, 6.07) is 1.85. The number of isocyanates is 1. The van der Waals surface area contributed by atoms with Crippen LogP contribution in [0.15, 0.2) is 29.3 Å². The average molecular weight is 347 g/mol. The highest BCUT2D eigenvalue weighted by Crippen LogP contribution is 2.38. The van der Waals surface area contributed by atoms with Crippen LogP contribution in [0, 0.1) is 24.4 Å². The Morgan fingerprint density at radius 3 is 2.08 bits per heavy atom. The van der Waals surface area contributed by atoms with E-state index < -0.39 is 46.4 Å². The van der Waals surface area contributed by atoms with Crippen molar-refractivity contribution < 1.29 is 35.9 Å². The molecule has 0 unspecified atom stereocenters. The Hall–Kier alpha value is -2.80. The van der Waals surface area contributed by atoms with Gasteiger partial charge in [0.25, 0.3) is 0 Å². The van der Waals surface area contributed by atoms with Crippen molar-refractivity contribution in [1.82, 2.24) is 0 Å². The third-order valence-electron chi connectivity index (χ3n) is 2.94. The van der Waals surface area contributed by atoms with Gasteiger partial charge in [0.15, 0.2) is 23.1 Å². The fourth-order valence-corrected chi connectivity index (χ4v) is 1.79. The van der Waals surface area contributed by atoms with Crippen molar-refractivity contribution in [1.29, 1.82) is 0 Å². The molecule has 0 fully saturated rings. The Labute approximate surface area is 131 Å². The van der Waals surface area contributed by atoms with Crippen LogP contribution in [0.3, 0.4) is 0 Å². The molecule has 0 aromatic heterocycles. The van der Waals surface area contributed by atoms with E-state index in [1.165, 1.54) is 6.92 Å². The lowest BCUT2D eigenvalue weighted by atomic mass is 10.1. The number of hydrogen-bond acceptors (Lipinski definition) is 3. The highest BCUT2D eigenvalue weighted by Gasteiger charge is 2.33. The molecule has 0 N–H and O–H groups in total. The molecule has 2 aromatic rings. The molecule has 0 radical (unpaired) electrons. The number of hydrogen-bond donors (Lipinski definition) is 0. The van der Waals surface area contributed by atoms with E-state index in [4.69, 9.17) is 4.74 Å². The van der Waals surface area contributed by atoms with Crippen LogP contribution in [0.2, 0.25) is 0 Å². The minimum Gasteiger partial charge on any atom is -0.449 e. The monoisotopic (exact) mass is 347 g/mol. The van der Waals surface area contributed by atoms with E-state index in [0.29, 0.717) is 0 Å². The second-order valence-corrected chi connectivity index (χ2v) is 4.64. The second kappa shape index (κ2) is 6.37. The number of nitrogens with zero attached hydrogens (tertiary/aromatic N) is 1. The van der Waals surface area contributed by atoms with Gasteiger partial charge in [0.1, 0.15) is 11.5 Å². The van der Waals surface area contributed by atoms with E-state index in [-0.39, 0.29) is 17.7 Å². The predicted molar refractivity (Wildman–Crippen MR) is 70.4 cm³/mol. The number of aryl methyl sites for hydroxylation is 1. The first-order valence-corrected chi connectivity index (χ1v) is 6.25. The molecule has 24 heavy (non-hydrogen) atoms. The van der Waals surface area contributed by atoms with Gasteiger partial charge in [-0.2, -0.15) is 18.2 Å². The highest BCUT2D eigenvalue weighted by atomic mass is 19.4. The first kappa shape index (κ1) is 17.6. The fourth-order valence-electron chi connectivity index (χ4n) is 1.79. The number of ether oxygens (including phenoxy) is 1. The number of halogens is 6. The first-order valence-electron chi connectivity index (χ1n) is 6.25. The lowest BCUT2D eigenvalue weighted by Gasteiger charge is -2.13. The maximum Gasteiger partial charge on any atom is 0.416 e. The SMILES string of the molecule is Cc1cc(Oc2c(F)cc(C(F)(F)F)cc2F)c(N=C=O)cc1F. The predicted octanol–water partition coefficient (Wildman–Crippen LogP) is 5.19.